The first kappa shape index (κ1) is 30.6. The molecular weight excluding hydrogens is 384 g/mol. The molecule has 0 bridgehead atoms. The Balaban J connectivity index is 0. The van der Waals surface area contributed by atoms with Crippen molar-refractivity contribution < 1.29 is 18.9 Å². The van der Waals surface area contributed by atoms with Gasteiger partial charge in [0.25, 0.3) is 0 Å². The largest absolute Gasteiger partial charge is 2.00 e. The quantitative estimate of drug-likeness (QED) is 0.0921. The molecule has 0 aromatic rings. The van der Waals surface area contributed by atoms with Gasteiger partial charge in [0, 0.05) is 0 Å². The number of phosphoric ester groups is 1. The molecule has 0 aliphatic heterocycles. The summed E-state index contributed by atoms with van der Waals surface area (Å²) in [6.07, 6.45) is 27.7. The molecule has 0 amide bonds. The summed E-state index contributed by atoms with van der Waals surface area (Å²) in [5.74, 6) is 0. The number of hydrogen-bond donors (Lipinski definition) is 0. The van der Waals surface area contributed by atoms with E-state index in [-0.39, 0.29) is 23.1 Å². The van der Waals surface area contributed by atoms with Gasteiger partial charge in [-0.25, -0.2) is 0 Å². The van der Waals surface area contributed by atoms with Crippen LogP contribution in [0.25, 0.3) is 0 Å². The van der Waals surface area contributed by atoms with Crippen molar-refractivity contribution in [2.45, 2.75) is 129 Å². The summed E-state index contributed by atoms with van der Waals surface area (Å²) in [5, 5.41) is 0. The third-order valence-electron chi connectivity index (χ3n) is 5.01. The molecule has 0 saturated carbocycles. The Kier molecular flexibility index (Phi) is 26.0. The molecule has 0 N–H and O–H groups in total. The van der Waals surface area contributed by atoms with E-state index in [4.69, 9.17) is 0 Å². The molecular formula is C22H43MgO4P. The van der Waals surface area contributed by atoms with E-state index >= 15 is 0 Å². The molecule has 0 aromatic carbocycles. The maximum Gasteiger partial charge on any atom is 2.00 e. The molecule has 0 unspecified atom stereocenters. The summed E-state index contributed by atoms with van der Waals surface area (Å²) in [6, 6.07) is 0. The van der Waals surface area contributed by atoms with Gasteiger partial charge in [0.2, 0.25) is 0 Å². The van der Waals surface area contributed by atoms with Crippen molar-refractivity contribution in [2.75, 3.05) is 0 Å². The molecule has 162 valence electrons. The van der Waals surface area contributed by atoms with Crippen LogP contribution in [0.1, 0.15) is 129 Å². The van der Waals surface area contributed by atoms with Crippen LogP contribution < -0.4 is 9.79 Å². The second-order valence-corrected chi connectivity index (χ2v) is 8.83. The molecule has 0 radical (unpaired) electrons. The minimum Gasteiger partial charge on any atom is -0.780 e. The molecule has 0 atom stereocenters. The third-order valence-corrected chi connectivity index (χ3v) is 5.39. The van der Waals surface area contributed by atoms with Crippen LogP contribution in [0.5, 0.6) is 0 Å². The fraction of sp³-hybridized carbons (Fsp3) is 0.909. The van der Waals surface area contributed by atoms with Crippen molar-refractivity contribution in [3.05, 3.63) is 12.3 Å². The molecule has 0 spiro atoms. The van der Waals surface area contributed by atoms with E-state index in [1.807, 2.05) is 0 Å². The monoisotopic (exact) mass is 426 g/mol. The molecule has 0 saturated heterocycles. The van der Waals surface area contributed by atoms with Gasteiger partial charge in [-0.2, -0.15) is 0 Å². The van der Waals surface area contributed by atoms with Crippen LogP contribution in [0.3, 0.4) is 0 Å². The maximum atomic E-state index is 10.2. The van der Waals surface area contributed by atoms with Gasteiger partial charge >= 0.3 is 23.1 Å². The van der Waals surface area contributed by atoms with Crippen LogP contribution in [0.4, 0.5) is 0 Å². The van der Waals surface area contributed by atoms with Gasteiger partial charge in [0.05, 0.1) is 6.26 Å². The van der Waals surface area contributed by atoms with Crippen LogP contribution >= 0.6 is 7.82 Å². The van der Waals surface area contributed by atoms with Crippen LogP contribution in [0.2, 0.25) is 0 Å². The molecule has 0 aliphatic rings. The molecule has 0 heterocycles. The van der Waals surface area contributed by atoms with E-state index in [1.54, 1.807) is 6.08 Å². The molecule has 28 heavy (non-hydrogen) atoms. The third kappa shape index (κ3) is 28.7. The Hall–Kier alpha value is 0.456. The Morgan fingerprint density at radius 1 is 0.643 bits per heavy atom. The fourth-order valence-corrected chi connectivity index (χ4v) is 3.58. The zero-order chi connectivity index (χ0) is 20.1. The van der Waals surface area contributed by atoms with Gasteiger partial charge in [-0.15, -0.1) is 0 Å². The SMILES string of the molecule is CCCCCCCCCCCCCCCCCCCCC=COP(=O)([O-])[O-].[Mg+2]. The van der Waals surface area contributed by atoms with E-state index in [0.717, 1.165) is 25.5 Å². The first-order chi connectivity index (χ1) is 13.1. The number of allylic oxidation sites excluding steroid dienone is 1. The zero-order valence-electron chi connectivity index (χ0n) is 18.4. The van der Waals surface area contributed by atoms with E-state index in [0.29, 0.717) is 0 Å². The average molecular weight is 427 g/mol. The molecule has 0 aromatic heterocycles. The molecule has 0 rings (SSSR count). The second kappa shape index (κ2) is 23.7. The summed E-state index contributed by atoms with van der Waals surface area (Å²) in [4.78, 5) is 20.5. The van der Waals surface area contributed by atoms with E-state index < -0.39 is 7.82 Å². The molecule has 0 fully saturated rings. The average Bonchev–Trinajstić information content (AvgIpc) is 2.62. The van der Waals surface area contributed by atoms with Crippen molar-refractivity contribution in [2.24, 2.45) is 0 Å². The predicted molar refractivity (Wildman–Crippen MR) is 117 cm³/mol. The summed E-state index contributed by atoms with van der Waals surface area (Å²) >= 11 is 0. The van der Waals surface area contributed by atoms with Crippen molar-refractivity contribution in [1.82, 2.24) is 0 Å². The van der Waals surface area contributed by atoms with Gasteiger partial charge in [-0.1, -0.05) is 116 Å². The first-order valence-electron chi connectivity index (χ1n) is 11.4. The van der Waals surface area contributed by atoms with Gasteiger partial charge < -0.3 is 18.9 Å². The maximum absolute atomic E-state index is 10.2. The van der Waals surface area contributed by atoms with Crippen LogP contribution in [0, 0.1) is 0 Å². The van der Waals surface area contributed by atoms with Gasteiger partial charge in [-0.05, 0) is 18.9 Å². The molecule has 4 nitrogen and oxygen atoms in total. The number of unbranched alkanes of at least 4 members (excludes halogenated alkanes) is 18. The smallest absolute Gasteiger partial charge is 0.780 e. The van der Waals surface area contributed by atoms with Gasteiger partial charge in [-0.3, -0.25) is 0 Å². The Labute approximate surface area is 190 Å². The van der Waals surface area contributed by atoms with Crippen molar-refractivity contribution >= 4 is 30.9 Å². The predicted octanol–water partition coefficient (Wildman–Crippen LogP) is 6.40. The topological polar surface area (TPSA) is 72.4 Å². The number of phosphoric acid groups is 1. The standard InChI is InChI=1S/C22H45O4P.Mg/c1-2-3-4-5-6-7-8-9-10-11-12-13-14-15-16-17-18-19-20-21-22-26-27(23,24)25;/h21-22H,2-20H2,1H3,(H2,23,24,25);/q;+2/p-2. The second-order valence-electron chi connectivity index (χ2n) is 7.72. The summed E-state index contributed by atoms with van der Waals surface area (Å²) < 4.78 is 14.3. The van der Waals surface area contributed by atoms with Crippen molar-refractivity contribution in [3.8, 4) is 0 Å². The summed E-state index contributed by atoms with van der Waals surface area (Å²) in [6.45, 7) is 2.27. The van der Waals surface area contributed by atoms with Crippen LogP contribution in [0.15, 0.2) is 12.3 Å². The Morgan fingerprint density at radius 2 is 0.964 bits per heavy atom. The van der Waals surface area contributed by atoms with Crippen LogP contribution in [-0.4, -0.2) is 23.1 Å². The first-order valence-corrected chi connectivity index (χ1v) is 12.9. The Bertz CT molecular complexity index is 372. The van der Waals surface area contributed by atoms with E-state index in [1.165, 1.54) is 103 Å². The van der Waals surface area contributed by atoms with Gasteiger partial charge in [0.1, 0.15) is 7.82 Å². The van der Waals surface area contributed by atoms with Crippen molar-refractivity contribution in [1.29, 1.82) is 0 Å². The minimum absolute atomic E-state index is 0. The van der Waals surface area contributed by atoms with E-state index in [9.17, 15) is 14.4 Å². The Morgan fingerprint density at radius 3 is 1.29 bits per heavy atom. The minimum atomic E-state index is -4.85. The van der Waals surface area contributed by atoms with E-state index in [2.05, 4.69) is 11.4 Å². The summed E-state index contributed by atoms with van der Waals surface area (Å²) in [5.41, 5.74) is 0. The van der Waals surface area contributed by atoms with Crippen molar-refractivity contribution in [3.63, 3.8) is 0 Å². The summed E-state index contributed by atoms with van der Waals surface area (Å²) in [7, 11) is -4.85. The van der Waals surface area contributed by atoms with Gasteiger partial charge in [0.15, 0.2) is 0 Å². The number of hydrogen-bond acceptors (Lipinski definition) is 4. The zero-order valence-corrected chi connectivity index (χ0v) is 20.7. The fourth-order valence-electron chi connectivity index (χ4n) is 3.35. The normalized spacial score (nSPS) is 11.7. The van der Waals surface area contributed by atoms with Crippen LogP contribution in [-0.2, 0) is 9.09 Å². The molecule has 0 aliphatic carbocycles. The molecule has 6 heteroatoms. The number of rotatable bonds is 21.